The lowest BCUT2D eigenvalue weighted by Gasteiger charge is -2.29. The smallest absolute Gasteiger partial charge is 0.326 e. The second kappa shape index (κ2) is 10.2. The van der Waals surface area contributed by atoms with Gasteiger partial charge in [0.1, 0.15) is 11.5 Å². The number of sulfonamides is 1. The number of aromatic nitrogens is 5. The molecule has 3 aromatic heterocycles. The predicted molar refractivity (Wildman–Crippen MR) is 145 cm³/mol. The molecular formula is C26H27N9O4S. The Morgan fingerprint density at radius 3 is 2.60 bits per heavy atom. The molecule has 2 saturated carbocycles. The van der Waals surface area contributed by atoms with Crippen LogP contribution in [0.15, 0.2) is 51.2 Å². The van der Waals surface area contributed by atoms with Crippen LogP contribution in [0, 0.1) is 11.3 Å². The van der Waals surface area contributed by atoms with Crippen LogP contribution in [0.4, 0.5) is 5.82 Å². The van der Waals surface area contributed by atoms with Crippen LogP contribution in [0.1, 0.15) is 49.8 Å². The molecule has 2 fully saturated rings. The molecule has 0 radical (unpaired) electrons. The van der Waals surface area contributed by atoms with Gasteiger partial charge in [-0.3, -0.25) is 9.98 Å². The number of H-pyrrole nitrogens is 2. The average Bonchev–Trinajstić information content (AvgIpc) is 3.57. The van der Waals surface area contributed by atoms with Gasteiger partial charge in [0.05, 0.1) is 28.8 Å². The van der Waals surface area contributed by atoms with Crippen molar-refractivity contribution in [2.45, 2.75) is 61.5 Å². The minimum absolute atomic E-state index is 0.0758. The first-order chi connectivity index (χ1) is 19.3. The molecule has 0 bridgehead atoms. The number of fused-ring (bicyclic) bond motifs is 1. The molecule has 0 unspecified atom stereocenters. The molecule has 0 saturated heterocycles. The van der Waals surface area contributed by atoms with Crippen molar-refractivity contribution in [1.29, 1.82) is 5.26 Å². The van der Waals surface area contributed by atoms with Gasteiger partial charge in [-0.05, 0) is 62.8 Å². The standard InChI is InChI=1S/C26H27N9O4S/c27-13-15-2-1-3-20(10-15)40(38,39)34-19-8-6-17(7-9-19)29-22-12-23(30-18-4-5-18)35-24(32-22)16(14-28-35)11-21-25(36)33-26(37)31-21/h1-3,10-12,14,17-19,29,34,36H,4-9H2,(H2,31,33,37)/b16-11-,30-23?. The summed E-state index contributed by atoms with van der Waals surface area (Å²) >= 11 is 0. The maximum Gasteiger partial charge on any atom is 0.326 e. The fourth-order valence-electron chi connectivity index (χ4n) is 4.85. The van der Waals surface area contributed by atoms with Crippen molar-refractivity contribution < 1.29 is 13.5 Å². The largest absolute Gasteiger partial charge is 0.493 e. The molecule has 14 heteroatoms. The summed E-state index contributed by atoms with van der Waals surface area (Å²) in [5.41, 5.74) is 1.17. The van der Waals surface area contributed by atoms with Crippen molar-refractivity contribution in [2.24, 2.45) is 4.99 Å². The molecule has 40 heavy (non-hydrogen) atoms. The molecule has 0 amide bonds. The minimum Gasteiger partial charge on any atom is -0.493 e. The zero-order valence-corrected chi connectivity index (χ0v) is 22.1. The number of hydrogen-bond acceptors (Lipinski definition) is 9. The third-order valence-electron chi connectivity index (χ3n) is 7.05. The summed E-state index contributed by atoms with van der Waals surface area (Å²) in [5, 5.41) is 27.6. The zero-order valence-electron chi connectivity index (χ0n) is 21.3. The van der Waals surface area contributed by atoms with Crippen LogP contribution in [-0.2, 0) is 10.0 Å². The van der Waals surface area contributed by atoms with E-state index in [9.17, 15) is 18.3 Å². The normalized spacial score (nSPS) is 20.6. The number of anilines is 1. The van der Waals surface area contributed by atoms with Crippen LogP contribution in [0.3, 0.4) is 0 Å². The molecule has 4 aromatic rings. The number of benzene rings is 1. The Hall–Kier alpha value is -4.48. The highest BCUT2D eigenvalue weighted by molar-refractivity contribution is 7.89. The summed E-state index contributed by atoms with van der Waals surface area (Å²) in [4.78, 5) is 26.0. The fraction of sp³-hybridized carbons (Fsp3) is 0.346. The van der Waals surface area contributed by atoms with Crippen LogP contribution < -0.4 is 26.4 Å². The van der Waals surface area contributed by atoms with Gasteiger partial charge >= 0.3 is 5.69 Å². The van der Waals surface area contributed by atoms with Crippen LogP contribution in [0.25, 0.3) is 11.7 Å². The average molecular weight is 562 g/mol. The topological polar surface area (TPSA) is 193 Å². The van der Waals surface area contributed by atoms with E-state index in [0.717, 1.165) is 25.7 Å². The number of hydrogen-bond donors (Lipinski definition) is 5. The second-order valence-corrected chi connectivity index (χ2v) is 11.8. The summed E-state index contributed by atoms with van der Waals surface area (Å²) in [6, 6.07) is 9.93. The Kier molecular flexibility index (Phi) is 6.60. The fourth-order valence-corrected chi connectivity index (χ4v) is 6.21. The predicted octanol–water partition coefficient (Wildman–Crippen LogP) is 0.635. The van der Waals surface area contributed by atoms with E-state index in [1.54, 1.807) is 28.9 Å². The Bertz CT molecular complexity index is 1910. The van der Waals surface area contributed by atoms with Gasteiger partial charge in [-0.15, -0.1) is 0 Å². The number of imidazole rings is 1. The van der Waals surface area contributed by atoms with Crippen molar-refractivity contribution >= 4 is 27.6 Å². The van der Waals surface area contributed by atoms with E-state index in [0.29, 0.717) is 40.6 Å². The van der Waals surface area contributed by atoms with Gasteiger partial charge in [-0.1, -0.05) is 6.07 Å². The van der Waals surface area contributed by atoms with Crippen LogP contribution in [0.5, 0.6) is 5.88 Å². The summed E-state index contributed by atoms with van der Waals surface area (Å²) in [6.45, 7) is 0. The van der Waals surface area contributed by atoms with E-state index in [1.807, 2.05) is 12.1 Å². The first-order valence-corrected chi connectivity index (χ1v) is 14.5. The second-order valence-electron chi connectivity index (χ2n) is 10.1. The van der Waals surface area contributed by atoms with Gasteiger partial charge in [0.2, 0.25) is 15.9 Å². The van der Waals surface area contributed by atoms with Gasteiger partial charge in [-0.25, -0.2) is 22.9 Å². The third-order valence-corrected chi connectivity index (χ3v) is 8.57. The first-order valence-electron chi connectivity index (χ1n) is 13.0. The van der Waals surface area contributed by atoms with Crippen molar-refractivity contribution in [3.05, 3.63) is 69.0 Å². The quantitative estimate of drug-likeness (QED) is 0.217. The molecule has 0 spiro atoms. The van der Waals surface area contributed by atoms with E-state index in [-0.39, 0.29) is 34.6 Å². The van der Waals surface area contributed by atoms with E-state index < -0.39 is 15.7 Å². The Balaban J connectivity index is 1.21. The first kappa shape index (κ1) is 25.8. The van der Waals surface area contributed by atoms with Crippen molar-refractivity contribution in [1.82, 2.24) is 29.3 Å². The number of rotatable bonds is 7. The van der Waals surface area contributed by atoms with E-state index in [4.69, 9.17) is 15.2 Å². The Morgan fingerprint density at radius 2 is 1.90 bits per heavy atom. The van der Waals surface area contributed by atoms with Gasteiger partial charge in [0.25, 0.3) is 0 Å². The van der Waals surface area contributed by atoms with E-state index in [2.05, 4.69) is 25.1 Å². The maximum atomic E-state index is 12.9. The SMILES string of the molecule is N#Cc1cccc(S(=O)(=O)NC2CCC(Nc3cc(=NC4CC4)n4nc/c(=C/c5[nH]c(=O)[nH]c5O)c4n3)CC2)c1. The van der Waals surface area contributed by atoms with Crippen LogP contribution in [-0.4, -0.2) is 56.2 Å². The van der Waals surface area contributed by atoms with Gasteiger partial charge in [-0.2, -0.15) is 14.9 Å². The number of nitrogens with one attached hydrogen (secondary N) is 4. The molecule has 13 nitrogen and oxygen atoms in total. The molecule has 3 heterocycles. The molecule has 2 aliphatic carbocycles. The number of nitriles is 1. The number of nitrogens with zero attached hydrogens (tertiary/aromatic N) is 5. The van der Waals surface area contributed by atoms with Crippen molar-refractivity contribution in [2.75, 3.05) is 5.32 Å². The van der Waals surface area contributed by atoms with Gasteiger partial charge < -0.3 is 15.4 Å². The highest BCUT2D eigenvalue weighted by atomic mass is 32.2. The molecular weight excluding hydrogens is 534 g/mol. The molecule has 206 valence electrons. The minimum atomic E-state index is -3.73. The highest BCUT2D eigenvalue weighted by Crippen LogP contribution is 2.24. The third kappa shape index (κ3) is 5.47. The van der Waals surface area contributed by atoms with Crippen molar-refractivity contribution in [3.63, 3.8) is 0 Å². The van der Waals surface area contributed by atoms with Crippen LogP contribution in [0.2, 0.25) is 0 Å². The zero-order chi connectivity index (χ0) is 27.9. The molecule has 6 rings (SSSR count). The summed E-state index contributed by atoms with van der Waals surface area (Å²) in [5.74, 6) is 0.345. The van der Waals surface area contributed by atoms with Gasteiger partial charge in [0, 0.05) is 23.4 Å². The number of aromatic amines is 2. The summed E-state index contributed by atoms with van der Waals surface area (Å²) in [6.07, 6.45) is 7.97. The summed E-state index contributed by atoms with van der Waals surface area (Å²) < 4.78 is 30.1. The summed E-state index contributed by atoms with van der Waals surface area (Å²) in [7, 11) is -3.73. The van der Waals surface area contributed by atoms with Crippen LogP contribution >= 0.6 is 0 Å². The molecule has 0 atom stereocenters. The van der Waals surface area contributed by atoms with Gasteiger partial charge in [0.15, 0.2) is 11.1 Å². The Morgan fingerprint density at radius 1 is 1.12 bits per heavy atom. The monoisotopic (exact) mass is 561 g/mol. The van der Waals surface area contributed by atoms with E-state index >= 15 is 0 Å². The molecule has 2 aliphatic rings. The maximum absolute atomic E-state index is 12.9. The lowest BCUT2D eigenvalue weighted by Crippen LogP contribution is -2.40. The van der Waals surface area contributed by atoms with Crippen molar-refractivity contribution in [3.8, 4) is 11.9 Å². The molecule has 1 aromatic carbocycles. The number of aromatic hydroxyl groups is 1. The highest BCUT2D eigenvalue weighted by Gasteiger charge is 2.26. The molecule has 5 N–H and O–H groups in total. The Labute approximate surface area is 228 Å². The lowest BCUT2D eigenvalue weighted by molar-refractivity contribution is 0.387. The molecule has 0 aliphatic heterocycles. The van der Waals surface area contributed by atoms with E-state index in [1.165, 1.54) is 12.1 Å². The lowest BCUT2D eigenvalue weighted by atomic mass is 9.92.